The van der Waals surface area contributed by atoms with Crippen LogP contribution in [0.25, 0.3) is 20.5 Å². The highest BCUT2D eigenvalue weighted by Crippen LogP contribution is 2.47. The molecule has 2 N–H and O–H groups in total. The maximum Gasteiger partial charge on any atom is 0.153 e. The van der Waals surface area contributed by atoms with E-state index in [0.29, 0.717) is 18.1 Å². The highest BCUT2D eigenvalue weighted by molar-refractivity contribution is 7.22. The lowest BCUT2D eigenvalue weighted by Crippen LogP contribution is -2.25. The van der Waals surface area contributed by atoms with Crippen molar-refractivity contribution in [2.75, 3.05) is 26.2 Å². The van der Waals surface area contributed by atoms with E-state index in [1.807, 2.05) is 42.5 Å². The van der Waals surface area contributed by atoms with Crippen molar-refractivity contribution in [3.8, 4) is 39.2 Å². The Morgan fingerprint density at radius 1 is 0.844 bits per heavy atom. The van der Waals surface area contributed by atoms with Crippen LogP contribution in [0.2, 0.25) is 0 Å². The third kappa shape index (κ3) is 4.52. The van der Waals surface area contributed by atoms with Gasteiger partial charge in [0.1, 0.15) is 29.6 Å². The maximum absolute atomic E-state index is 9.95. The second kappa shape index (κ2) is 9.10. The standard InChI is InChI=1S/C26H25NO4S/c28-19-5-3-4-18(16-19)26-25(23-11-6-20(29)17-24(23)32-26)31-22-9-7-21(8-10-22)30-15-14-27-12-1-2-13-27/h3-11,16-17,28-29H,1-2,12-15H2. The largest absolute Gasteiger partial charge is 0.508 e. The Morgan fingerprint density at radius 2 is 1.59 bits per heavy atom. The van der Waals surface area contributed by atoms with Crippen LogP contribution in [0, 0.1) is 0 Å². The average Bonchev–Trinajstić information content (AvgIpc) is 3.43. The first-order chi connectivity index (χ1) is 15.7. The molecule has 0 saturated carbocycles. The van der Waals surface area contributed by atoms with Gasteiger partial charge in [-0.2, -0.15) is 0 Å². The van der Waals surface area contributed by atoms with Crippen LogP contribution in [0.5, 0.6) is 28.7 Å². The Morgan fingerprint density at radius 3 is 2.38 bits per heavy atom. The van der Waals surface area contributed by atoms with Gasteiger partial charge in [0.25, 0.3) is 0 Å². The Balaban J connectivity index is 1.37. The van der Waals surface area contributed by atoms with Crippen molar-refractivity contribution in [2.24, 2.45) is 0 Å². The number of phenols is 2. The number of ether oxygens (including phenoxy) is 2. The predicted molar refractivity (Wildman–Crippen MR) is 128 cm³/mol. The Bertz CT molecular complexity index is 1210. The topological polar surface area (TPSA) is 62.2 Å². The van der Waals surface area contributed by atoms with E-state index in [0.717, 1.165) is 32.8 Å². The van der Waals surface area contributed by atoms with Crippen LogP contribution in [0.4, 0.5) is 0 Å². The van der Waals surface area contributed by atoms with E-state index in [9.17, 15) is 10.2 Å². The zero-order valence-electron chi connectivity index (χ0n) is 17.7. The van der Waals surface area contributed by atoms with Gasteiger partial charge >= 0.3 is 0 Å². The molecule has 1 aliphatic rings. The molecule has 1 saturated heterocycles. The van der Waals surface area contributed by atoms with E-state index >= 15 is 0 Å². The minimum atomic E-state index is 0.198. The number of fused-ring (bicyclic) bond motifs is 1. The number of phenolic OH excluding ortho intramolecular Hbond substituents is 2. The van der Waals surface area contributed by atoms with Crippen LogP contribution in [-0.2, 0) is 0 Å². The molecule has 0 bridgehead atoms. The number of hydrogen-bond acceptors (Lipinski definition) is 6. The summed E-state index contributed by atoms with van der Waals surface area (Å²) in [7, 11) is 0. The second-order valence-electron chi connectivity index (χ2n) is 7.96. The van der Waals surface area contributed by atoms with Gasteiger partial charge in [0.2, 0.25) is 0 Å². The molecule has 0 amide bonds. The van der Waals surface area contributed by atoms with Gasteiger partial charge in [-0.15, -0.1) is 11.3 Å². The lowest BCUT2D eigenvalue weighted by Gasteiger charge is -2.15. The minimum absolute atomic E-state index is 0.198. The number of rotatable bonds is 7. The summed E-state index contributed by atoms with van der Waals surface area (Å²) >= 11 is 1.52. The number of hydrogen-bond donors (Lipinski definition) is 2. The van der Waals surface area contributed by atoms with Crippen LogP contribution in [0.3, 0.4) is 0 Å². The van der Waals surface area contributed by atoms with Crippen molar-refractivity contribution < 1.29 is 19.7 Å². The van der Waals surface area contributed by atoms with Gasteiger partial charge in [0, 0.05) is 16.6 Å². The summed E-state index contributed by atoms with van der Waals surface area (Å²) in [5, 5.41) is 20.8. The number of aromatic hydroxyl groups is 2. The van der Waals surface area contributed by atoms with Crippen molar-refractivity contribution in [2.45, 2.75) is 12.8 Å². The van der Waals surface area contributed by atoms with Crippen LogP contribution < -0.4 is 9.47 Å². The first-order valence-electron chi connectivity index (χ1n) is 10.8. The summed E-state index contributed by atoms with van der Waals surface area (Å²) < 4.78 is 13.1. The van der Waals surface area contributed by atoms with Gasteiger partial charge in [-0.3, -0.25) is 4.90 Å². The summed E-state index contributed by atoms with van der Waals surface area (Å²) in [6, 6.07) is 20.0. The zero-order chi connectivity index (χ0) is 21.9. The van der Waals surface area contributed by atoms with Gasteiger partial charge in [0.15, 0.2) is 5.75 Å². The molecule has 6 heteroatoms. The van der Waals surface area contributed by atoms with E-state index in [2.05, 4.69) is 4.90 Å². The van der Waals surface area contributed by atoms with Gasteiger partial charge in [-0.25, -0.2) is 0 Å². The number of nitrogens with zero attached hydrogens (tertiary/aromatic N) is 1. The van der Waals surface area contributed by atoms with E-state index in [1.165, 1.54) is 37.3 Å². The van der Waals surface area contributed by atoms with E-state index < -0.39 is 0 Å². The summed E-state index contributed by atoms with van der Waals surface area (Å²) in [5.41, 5.74) is 0.863. The van der Waals surface area contributed by atoms with Crippen molar-refractivity contribution in [1.29, 1.82) is 0 Å². The third-order valence-corrected chi connectivity index (χ3v) is 6.84. The molecule has 4 aromatic rings. The quantitative estimate of drug-likeness (QED) is 0.351. The normalized spacial score (nSPS) is 14.1. The molecule has 2 heterocycles. The van der Waals surface area contributed by atoms with E-state index in [4.69, 9.17) is 9.47 Å². The number of thiophene rings is 1. The molecule has 0 atom stereocenters. The van der Waals surface area contributed by atoms with Gasteiger partial charge in [-0.1, -0.05) is 12.1 Å². The van der Waals surface area contributed by atoms with Crippen LogP contribution in [-0.4, -0.2) is 41.4 Å². The molecule has 0 spiro atoms. The lowest BCUT2D eigenvalue weighted by atomic mass is 10.1. The van der Waals surface area contributed by atoms with Crippen molar-refractivity contribution in [1.82, 2.24) is 4.90 Å². The molecule has 1 aliphatic heterocycles. The highest BCUT2D eigenvalue weighted by Gasteiger charge is 2.17. The second-order valence-corrected chi connectivity index (χ2v) is 9.01. The SMILES string of the molecule is Oc1cccc(-c2sc3cc(O)ccc3c2Oc2ccc(OCCN3CCCC3)cc2)c1. The first kappa shape index (κ1) is 20.7. The molecule has 5 nitrogen and oxygen atoms in total. The van der Waals surface area contributed by atoms with E-state index in [1.54, 1.807) is 24.3 Å². The van der Waals surface area contributed by atoms with Gasteiger partial charge in [0.05, 0.1) is 4.88 Å². The van der Waals surface area contributed by atoms with Gasteiger partial charge < -0.3 is 19.7 Å². The Kier molecular flexibility index (Phi) is 5.88. The number of benzene rings is 3. The molecule has 164 valence electrons. The summed E-state index contributed by atoms with van der Waals surface area (Å²) in [6.07, 6.45) is 2.57. The summed E-state index contributed by atoms with van der Waals surface area (Å²) in [5.74, 6) is 2.64. The molecular weight excluding hydrogens is 422 g/mol. The Hall–Kier alpha value is -3.22. The molecular formula is C26H25NO4S. The third-order valence-electron chi connectivity index (χ3n) is 5.65. The van der Waals surface area contributed by atoms with Crippen LogP contribution >= 0.6 is 11.3 Å². The minimum Gasteiger partial charge on any atom is -0.508 e. The lowest BCUT2D eigenvalue weighted by molar-refractivity contribution is 0.237. The molecule has 0 unspecified atom stereocenters. The van der Waals surface area contributed by atoms with Crippen molar-refractivity contribution in [3.63, 3.8) is 0 Å². The fraction of sp³-hybridized carbons (Fsp3) is 0.231. The molecule has 32 heavy (non-hydrogen) atoms. The number of likely N-dealkylation sites (tertiary alicyclic amines) is 1. The smallest absolute Gasteiger partial charge is 0.153 e. The summed E-state index contributed by atoms with van der Waals surface area (Å²) in [4.78, 5) is 3.33. The first-order valence-corrected chi connectivity index (χ1v) is 11.7. The summed E-state index contributed by atoms with van der Waals surface area (Å²) in [6.45, 7) is 3.98. The fourth-order valence-electron chi connectivity index (χ4n) is 4.02. The highest BCUT2D eigenvalue weighted by atomic mass is 32.1. The predicted octanol–water partition coefficient (Wildman–Crippen LogP) is 6.25. The maximum atomic E-state index is 9.95. The fourth-order valence-corrected chi connectivity index (χ4v) is 5.18. The van der Waals surface area contributed by atoms with Crippen LogP contribution in [0.15, 0.2) is 66.7 Å². The molecule has 1 fully saturated rings. The molecule has 0 radical (unpaired) electrons. The molecule has 3 aromatic carbocycles. The molecule has 0 aliphatic carbocycles. The monoisotopic (exact) mass is 447 g/mol. The van der Waals surface area contributed by atoms with Crippen molar-refractivity contribution >= 4 is 21.4 Å². The van der Waals surface area contributed by atoms with Gasteiger partial charge in [-0.05, 0) is 86.1 Å². The molecule has 5 rings (SSSR count). The van der Waals surface area contributed by atoms with E-state index in [-0.39, 0.29) is 11.5 Å². The average molecular weight is 448 g/mol. The molecule has 1 aromatic heterocycles. The zero-order valence-corrected chi connectivity index (χ0v) is 18.5. The van der Waals surface area contributed by atoms with Crippen LogP contribution in [0.1, 0.15) is 12.8 Å². The Labute approximate surface area is 191 Å². The van der Waals surface area contributed by atoms with Crippen molar-refractivity contribution in [3.05, 3.63) is 66.7 Å².